The summed E-state index contributed by atoms with van der Waals surface area (Å²) in [6, 6.07) is 11.2. The van der Waals surface area contributed by atoms with E-state index in [0.29, 0.717) is 17.3 Å². The van der Waals surface area contributed by atoms with E-state index < -0.39 is 0 Å². The van der Waals surface area contributed by atoms with Crippen LogP contribution in [0.4, 0.5) is 0 Å². The summed E-state index contributed by atoms with van der Waals surface area (Å²) in [4.78, 5) is 8.52. The minimum atomic E-state index is 0.556. The number of hydrogen-bond acceptors (Lipinski definition) is 5. The minimum Gasteiger partial charge on any atom is -0.493 e. The van der Waals surface area contributed by atoms with Crippen LogP contribution in [-0.2, 0) is 0 Å². The molecule has 1 aromatic carbocycles. The number of ether oxygens (including phenoxy) is 2. The van der Waals surface area contributed by atoms with Crippen molar-refractivity contribution in [3.63, 3.8) is 0 Å². The smallest absolute Gasteiger partial charge is 0.200 e. The predicted molar refractivity (Wildman–Crippen MR) is 77.7 cm³/mol. The van der Waals surface area contributed by atoms with E-state index in [-0.39, 0.29) is 0 Å². The van der Waals surface area contributed by atoms with Gasteiger partial charge in [-0.3, -0.25) is 4.98 Å². The van der Waals surface area contributed by atoms with Crippen molar-refractivity contribution in [3.8, 4) is 28.7 Å². The molecule has 2 heterocycles. The highest BCUT2D eigenvalue weighted by Crippen LogP contribution is 2.33. The van der Waals surface area contributed by atoms with Crippen molar-refractivity contribution in [2.24, 2.45) is 0 Å². The first-order valence-electron chi connectivity index (χ1n) is 6.38. The summed E-state index contributed by atoms with van der Waals surface area (Å²) in [5.41, 5.74) is 1.48. The first-order valence-corrected chi connectivity index (χ1v) is 6.38. The van der Waals surface area contributed by atoms with Crippen molar-refractivity contribution in [1.82, 2.24) is 19.7 Å². The maximum atomic E-state index is 5.41. The summed E-state index contributed by atoms with van der Waals surface area (Å²) >= 11 is 0. The Morgan fingerprint density at radius 3 is 2.57 bits per heavy atom. The predicted octanol–water partition coefficient (Wildman–Crippen LogP) is 2.35. The summed E-state index contributed by atoms with van der Waals surface area (Å²) in [5, 5.41) is 4.44. The summed E-state index contributed by atoms with van der Waals surface area (Å²) in [6.07, 6.45) is 3.34. The van der Waals surface area contributed by atoms with Crippen molar-refractivity contribution in [2.45, 2.75) is 0 Å². The number of methoxy groups -OCH3 is 2. The van der Waals surface area contributed by atoms with E-state index in [2.05, 4.69) is 15.1 Å². The largest absolute Gasteiger partial charge is 0.493 e. The second kappa shape index (κ2) is 5.62. The Morgan fingerprint density at radius 1 is 0.952 bits per heavy atom. The van der Waals surface area contributed by atoms with Crippen LogP contribution in [0.15, 0.2) is 48.9 Å². The van der Waals surface area contributed by atoms with E-state index in [9.17, 15) is 0 Å². The lowest BCUT2D eigenvalue weighted by atomic mass is 10.2. The third-order valence-electron chi connectivity index (χ3n) is 3.01. The third kappa shape index (κ3) is 2.43. The van der Waals surface area contributed by atoms with Gasteiger partial charge in [0.25, 0.3) is 0 Å². The fourth-order valence-corrected chi connectivity index (χ4v) is 2.04. The first-order chi connectivity index (χ1) is 10.3. The number of benzene rings is 1. The van der Waals surface area contributed by atoms with Gasteiger partial charge in [0, 0.05) is 6.20 Å². The van der Waals surface area contributed by atoms with Crippen molar-refractivity contribution in [2.75, 3.05) is 14.2 Å². The fraction of sp³-hybridized carbons (Fsp3) is 0.133. The molecule has 0 unspecified atom stereocenters. The second-order valence-electron chi connectivity index (χ2n) is 4.24. The monoisotopic (exact) mass is 282 g/mol. The second-order valence-corrected chi connectivity index (χ2v) is 4.24. The normalized spacial score (nSPS) is 10.4. The van der Waals surface area contributed by atoms with Crippen LogP contribution in [0.3, 0.4) is 0 Å². The SMILES string of the molecule is COc1cccc(-n2cnc(-c3ccccn3)n2)c1OC. The molecule has 0 aliphatic rings. The van der Waals surface area contributed by atoms with Gasteiger partial charge in [-0.05, 0) is 24.3 Å². The van der Waals surface area contributed by atoms with Gasteiger partial charge in [0.2, 0.25) is 0 Å². The molecular formula is C15H14N4O2. The fourth-order valence-electron chi connectivity index (χ4n) is 2.04. The summed E-state index contributed by atoms with van der Waals surface area (Å²) in [7, 11) is 3.19. The van der Waals surface area contributed by atoms with Gasteiger partial charge in [-0.25, -0.2) is 9.67 Å². The van der Waals surface area contributed by atoms with Crippen LogP contribution < -0.4 is 9.47 Å². The van der Waals surface area contributed by atoms with E-state index in [1.165, 1.54) is 0 Å². The highest BCUT2D eigenvalue weighted by molar-refractivity contribution is 5.56. The van der Waals surface area contributed by atoms with Gasteiger partial charge in [0.05, 0.1) is 14.2 Å². The Balaban J connectivity index is 2.05. The number of para-hydroxylation sites is 1. The van der Waals surface area contributed by atoms with E-state index in [0.717, 1.165) is 11.4 Å². The molecule has 0 fully saturated rings. The molecule has 21 heavy (non-hydrogen) atoms. The highest BCUT2D eigenvalue weighted by Gasteiger charge is 2.13. The van der Waals surface area contributed by atoms with Crippen molar-refractivity contribution >= 4 is 0 Å². The molecule has 3 rings (SSSR count). The number of hydrogen-bond donors (Lipinski definition) is 0. The maximum absolute atomic E-state index is 5.41. The van der Waals surface area contributed by atoms with E-state index >= 15 is 0 Å². The van der Waals surface area contributed by atoms with E-state index in [1.807, 2.05) is 36.4 Å². The van der Waals surface area contributed by atoms with Crippen LogP contribution in [0.1, 0.15) is 0 Å². The lowest BCUT2D eigenvalue weighted by molar-refractivity contribution is 0.353. The van der Waals surface area contributed by atoms with Gasteiger partial charge in [-0.15, -0.1) is 5.10 Å². The molecule has 0 bridgehead atoms. The molecule has 0 N–H and O–H groups in total. The molecule has 0 aliphatic heterocycles. The molecule has 0 radical (unpaired) electrons. The number of nitrogens with zero attached hydrogens (tertiary/aromatic N) is 4. The summed E-state index contributed by atoms with van der Waals surface area (Å²) < 4.78 is 12.3. The molecule has 0 amide bonds. The molecule has 3 aromatic rings. The molecule has 6 nitrogen and oxygen atoms in total. The third-order valence-corrected chi connectivity index (χ3v) is 3.01. The quantitative estimate of drug-likeness (QED) is 0.735. The number of rotatable bonds is 4. The number of pyridine rings is 1. The highest BCUT2D eigenvalue weighted by atomic mass is 16.5. The van der Waals surface area contributed by atoms with Crippen LogP contribution >= 0.6 is 0 Å². The zero-order valence-electron chi connectivity index (χ0n) is 11.7. The molecule has 0 spiro atoms. The Morgan fingerprint density at radius 2 is 1.86 bits per heavy atom. The average Bonchev–Trinajstić information content (AvgIpc) is 3.04. The van der Waals surface area contributed by atoms with E-state index in [4.69, 9.17) is 9.47 Å². The Bertz CT molecular complexity index is 740. The maximum Gasteiger partial charge on any atom is 0.200 e. The molecule has 0 saturated carbocycles. The van der Waals surface area contributed by atoms with Gasteiger partial charge in [0.1, 0.15) is 17.7 Å². The Hall–Kier alpha value is -2.89. The van der Waals surface area contributed by atoms with Gasteiger partial charge in [-0.2, -0.15) is 0 Å². The van der Waals surface area contributed by atoms with Crippen molar-refractivity contribution < 1.29 is 9.47 Å². The van der Waals surface area contributed by atoms with Crippen LogP contribution in [0.5, 0.6) is 11.5 Å². The van der Waals surface area contributed by atoms with Gasteiger partial charge in [0.15, 0.2) is 17.3 Å². The standard InChI is InChI=1S/C15H14N4O2/c1-20-13-8-5-7-12(14(13)21-2)19-10-17-15(18-19)11-6-3-4-9-16-11/h3-10H,1-2H3. The molecule has 2 aromatic heterocycles. The molecule has 0 atom stereocenters. The summed E-state index contributed by atoms with van der Waals surface area (Å²) in [5.74, 6) is 1.81. The van der Waals surface area contributed by atoms with Crippen LogP contribution in [0, 0.1) is 0 Å². The van der Waals surface area contributed by atoms with Gasteiger partial charge in [-0.1, -0.05) is 12.1 Å². The minimum absolute atomic E-state index is 0.556. The number of aromatic nitrogens is 4. The lowest BCUT2D eigenvalue weighted by Gasteiger charge is -2.11. The van der Waals surface area contributed by atoms with Gasteiger partial charge >= 0.3 is 0 Å². The average molecular weight is 282 g/mol. The molecule has 106 valence electrons. The van der Waals surface area contributed by atoms with Crippen molar-refractivity contribution in [1.29, 1.82) is 0 Å². The Kier molecular flexibility index (Phi) is 3.51. The topological polar surface area (TPSA) is 62.1 Å². The zero-order valence-corrected chi connectivity index (χ0v) is 11.7. The molecule has 6 heteroatoms. The molecular weight excluding hydrogens is 268 g/mol. The zero-order chi connectivity index (χ0) is 14.7. The molecule has 0 aliphatic carbocycles. The van der Waals surface area contributed by atoms with Crippen molar-refractivity contribution in [3.05, 3.63) is 48.9 Å². The van der Waals surface area contributed by atoms with E-state index in [1.54, 1.807) is 31.4 Å². The Labute approximate surface area is 122 Å². The molecule has 0 saturated heterocycles. The first kappa shape index (κ1) is 13.1. The van der Waals surface area contributed by atoms with Crippen LogP contribution in [0.25, 0.3) is 17.2 Å². The van der Waals surface area contributed by atoms with Crippen LogP contribution in [0.2, 0.25) is 0 Å². The lowest BCUT2D eigenvalue weighted by Crippen LogP contribution is -2.00. The summed E-state index contributed by atoms with van der Waals surface area (Å²) in [6.45, 7) is 0. The van der Waals surface area contributed by atoms with Gasteiger partial charge < -0.3 is 9.47 Å². The van der Waals surface area contributed by atoms with Crippen LogP contribution in [-0.4, -0.2) is 34.0 Å².